The molecule has 0 aromatic heterocycles. The maximum Gasteiger partial charge on any atom is 0.305 e. The molecule has 0 radical (unpaired) electrons. The number of rotatable bonds is 4. The highest BCUT2D eigenvalue weighted by molar-refractivity contribution is 5.69. The van der Waals surface area contributed by atoms with Crippen LogP contribution in [0.2, 0.25) is 0 Å². The van der Waals surface area contributed by atoms with Gasteiger partial charge in [0.15, 0.2) is 0 Å². The number of nitrogens with zero attached hydrogens (tertiary/aromatic N) is 1. The van der Waals surface area contributed by atoms with Crippen LogP contribution < -0.4 is 0 Å². The van der Waals surface area contributed by atoms with Crippen LogP contribution >= 0.6 is 0 Å². The lowest BCUT2D eigenvalue weighted by Gasteiger charge is -2.31. The van der Waals surface area contributed by atoms with Crippen LogP contribution in [0.25, 0.3) is 0 Å². The molecule has 0 fully saturated rings. The number of quaternary nitrogens is 1. The molecule has 0 aliphatic carbocycles. The van der Waals surface area contributed by atoms with E-state index in [4.69, 9.17) is 0 Å². The van der Waals surface area contributed by atoms with Gasteiger partial charge in [-0.3, -0.25) is 4.79 Å². The van der Waals surface area contributed by atoms with E-state index in [1.165, 1.54) is 7.11 Å². The lowest BCUT2D eigenvalue weighted by Crippen LogP contribution is -2.43. The molecule has 0 spiro atoms. The number of methoxy groups -OCH3 is 1. The standard InChI is InChI=1S/C9H20NO2/c1-8(10(2,3)4)6-7-9(11)12-5/h8H,6-7H2,1-5H3/q+1/t8-/m0/s1. The first-order valence-corrected chi connectivity index (χ1v) is 4.26. The summed E-state index contributed by atoms with van der Waals surface area (Å²) in [6.45, 7) is 2.14. The number of esters is 1. The third kappa shape index (κ3) is 4.34. The third-order valence-corrected chi connectivity index (χ3v) is 2.32. The number of carbonyl (C=O) groups excluding carboxylic acids is 1. The van der Waals surface area contributed by atoms with Gasteiger partial charge in [-0.15, -0.1) is 0 Å². The molecule has 72 valence electrons. The lowest BCUT2D eigenvalue weighted by atomic mass is 10.1. The molecule has 0 saturated heterocycles. The van der Waals surface area contributed by atoms with Crippen molar-refractivity contribution in [1.29, 1.82) is 0 Å². The van der Waals surface area contributed by atoms with E-state index in [0.717, 1.165) is 10.9 Å². The van der Waals surface area contributed by atoms with Gasteiger partial charge in [0, 0.05) is 6.42 Å². The largest absolute Gasteiger partial charge is 0.469 e. The van der Waals surface area contributed by atoms with Gasteiger partial charge in [-0.1, -0.05) is 0 Å². The van der Waals surface area contributed by atoms with Crippen LogP contribution in [0.15, 0.2) is 0 Å². The van der Waals surface area contributed by atoms with Gasteiger partial charge in [0.05, 0.1) is 40.7 Å². The van der Waals surface area contributed by atoms with Gasteiger partial charge in [0.1, 0.15) is 0 Å². The first-order valence-electron chi connectivity index (χ1n) is 4.26. The summed E-state index contributed by atoms with van der Waals surface area (Å²) in [5.41, 5.74) is 0. The molecule has 3 nitrogen and oxygen atoms in total. The van der Waals surface area contributed by atoms with E-state index in [0.29, 0.717) is 12.5 Å². The Hall–Kier alpha value is -0.570. The minimum atomic E-state index is -0.115. The average molecular weight is 174 g/mol. The molecule has 0 heterocycles. The van der Waals surface area contributed by atoms with Gasteiger partial charge in [-0.2, -0.15) is 0 Å². The molecule has 0 aromatic rings. The van der Waals surface area contributed by atoms with Crippen molar-refractivity contribution in [2.75, 3.05) is 28.3 Å². The fraction of sp³-hybridized carbons (Fsp3) is 0.889. The summed E-state index contributed by atoms with van der Waals surface area (Å²) in [6.07, 6.45) is 1.41. The fourth-order valence-electron chi connectivity index (χ4n) is 0.816. The lowest BCUT2D eigenvalue weighted by molar-refractivity contribution is -0.894. The summed E-state index contributed by atoms with van der Waals surface area (Å²) in [5, 5.41) is 0. The molecule has 1 atom stereocenters. The van der Waals surface area contributed by atoms with Crippen molar-refractivity contribution in [3.63, 3.8) is 0 Å². The molecule has 0 rings (SSSR count). The Morgan fingerprint density at radius 3 is 2.25 bits per heavy atom. The Morgan fingerprint density at radius 2 is 1.92 bits per heavy atom. The van der Waals surface area contributed by atoms with Gasteiger partial charge in [-0.05, 0) is 6.92 Å². The Labute approximate surface area is 74.9 Å². The van der Waals surface area contributed by atoms with Crippen molar-refractivity contribution < 1.29 is 14.0 Å². The monoisotopic (exact) mass is 174 g/mol. The molecule has 0 N–H and O–H groups in total. The van der Waals surface area contributed by atoms with Crippen LogP contribution in [-0.2, 0) is 9.53 Å². The number of ether oxygens (including phenoxy) is 1. The average Bonchev–Trinajstić information content (AvgIpc) is 1.97. The topological polar surface area (TPSA) is 26.3 Å². The van der Waals surface area contributed by atoms with E-state index in [1.54, 1.807) is 0 Å². The Kier molecular flexibility index (Phi) is 4.24. The molecular weight excluding hydrogens is 154 g/mol. The molecule has 0 amide bonds. The number of carbonyl (C=O) groups is 1. The van der Waals surface area contributed by atoms with Crippen LogP contribution in [0.3, 0.4) is 0 Å². The molecule has 3 heteroatoms. The van der Waals surface area contributed by atoms with Crippen molar-refractivity contribution >= 4 is 5.97 Å². The minimum absolute atomic E-state index is 0.115. The van der Waals surface area contributed by atoms with Crippen molar-refractivity contribution in [3.8, 4) is 0 Å². The summed E-state index contributed by atoms with van der Waals surface area (Å²) >= 11 is 0. The number of hydrogen-bond acceptors (Lipinski definition) is 2. The van der Waals surface area contributed by atoms with Crippen molar-refractivity contribution in [2.45, 2.75) is 25.8 Å². The van der Waals surface area contributed by atoms with Crippen LogP contribution in [-0.4, -0.2) is 44.7 Å². The van der Waals surface area contributed by atoms with Crippen molar-refractivity contribution in [2.24, 2.45) is 0 Å². The normalized spacial score (nSPS) is 14.1. The summed E-state index contributed by atoms with van der Waals surface area (Å²) in [6, 6.07) is 0.490. The van der Waals surface area contributed by atoms with E-state index in [-0.39, 0.29) is 5.97 Å². The highest BCUT2D eigenvalue weighted by Crippen LogP contribution is 2.09. The summed E-state index contributed by atoms with van der Waals surface area (Å²) in [4.78, 5) is 10.8. The summed E-state index contributed by atoms with van der Waals surface area (Å²) < 4.78 is 5.45. The summed E-state index contributed by atoms with van der Waals surface area (Å²) in [5.74, 6) is -0.115. The van der Waals surface area contributed by atoms with Crippen molar-refractivity contribution in [1.82, 2.24) is 0 Å². The molecule has 0 bridgehead atoms. The Balaban J connectivity index is 3.72. The second-order valence-corrected chi connectivity index (χ2v) is 4.08. The van der Waals surface area contributed by atoms with Gasteiger partial charge >= 0.3 is 5.97 Å². The Bertz CT molecular complexity index is 149. The van der Waals surface area contributed by atoms with Crippen molar-refractivity contribution in [3.05, 3.63) is 0 Å². The molecule has 12 heavy (non-hydrogen) atoms. The molecule has 0 unspecified atom stereocenters. The number of hydrogen-bond donors (Lipinski definition) is 0. The molecule has 0 aromatic carbocycles. The predicted molar refractivity (Wildman–Crippen MR) is 48.7 cm³/mol. The zero-order chi connectivity index (χ0) is 9.78. The molecule has 0 aliphatic heterocycles. The van der Waals surface area contributed by atoms with E-state index in [9.17, 15) is 4.79 Å². The zero-order valence-electron chi connectivity index (χ0n) is 8.76. The molecule has 0 aliphatic rings. The van der Waals surface area contributed by atoms with Gasteiger partial charge in [0.25, 0.3) is 0 Å². The van der Waals surface area contributed by atoms with E-state index >= 15 is 0 Å². The highest BCUT2D eigenvalue weighted by Gasteiger charge is 2.18. The smallest absolute Gasteiger partial charge is 0.305 e. The fourth-order valence-corrected chi connectivity index (χ4v) is 0.816. The van der Waals surface area contributed by atoms with Crippen LogP contribution in [0.1, 0.15) is 19.8 Å². The van der Waals surface area contributed by atoms with Crippen LogP contribution in [0.5, 0.6) is 0 Å². The second-order valence-electron chi connectivity index (χ2n) is 4.08. The third-order valence-electron chi connectivity index (χ3n) is 2.32. The van der Waals surface area contributed by atoms with E-state index in [2.05, 4.69) is 32.8 Å². The predicted octanol–water partition coefficient (Wildman–Crippen LogP) is 1.03. The summed E-state index contributed by atoms with van der Waals surface area (Å²) in [7, 11) is 7.81. The highest BCUT2D eigenvalue weighted by atomic mass is 16.5. The minimum Gasteiger partial charge on any atom is -0.469 e. The zero-order valence-corrected chi connectivity index (χ0v) is 8.76. The quantitative estimate of drug-likeness (QED) is 0.470. The van der Waals surface area contributed by atoms with Gasteiger partial charge in [-0.25, -0.2) is 0 Å². The van der Waals surface area contributed by atoms with Crippen LogP contribution in [0.4, 0.5) is 0 Å². The molecule has 0 saturated carbocycles. The van der Waals surface area contributed by atoms with Gasteiger partial charge in [0.2, 0.25) is 0 Å². The first kappa shape index (κ1) is 11.4. The first-order chi connectivity index (χ1) is 5.38. The van der Waals surface area contributed by atoms with E-state index in [1.807, 2.05) is 0 Å². The van der Waals surface area contributed by atoms with E-state index < -0.39 is 0 Å². The second kappa shape index (κ2) is 4.45. The SMILES string of the molecule is COC(=O)CC[C@H](C)[N+](C)(C)C. The van der Waals surface area contributed by atoms with Gasteiger partial charge < -0.3 is 9.22 Å². The van der Waals surface area contributed by atoms with Crippen LogP contribution in [0, 0.1) is 0 Å². The Morgan fingerprint density at radius 1 is 1.42 bits per heavy atom. The molecular formula is C9H20NO2+. The maximum atomic E-state index is 10.8. The maximum absolute atomic E-state index is 10.8.